The van der Waals surface area contributed by atoms with Crippen molar-refractivity contribution in [1.29, 1.82) is 0 Å². The Kier molecular flexibility index (Phi) is 7.43. The SMILES string of the molecule is COC(=O)c1ccc(NC(=O)C=Cc2ccc(OCc3ccccc3)c(OC)c2)cc1. The van der Waals surface area contributed by atoms with Crippen molar-refractivity contribution in [3.05, 3.63) is 95.6 Å². The third kappa shape index (κ3) is 6.21. The Morgan fingerprint density at radius 2 is 1.65 bits per heavy atom. The number of hydrogen-bond donors (Lipinski definition) is 1. The summed E-state index contributed by atoms with van der Waals surface area (Å²) in [6.45, 7) is 0.434. The van der Waals surface area contributed by atoms with E-state index in [1.165, 1.54) is 13.2 Å². The molecule has 3 rings (SSSR count). The Labute approximate surface area is 181 Å². The number of carbonyl (C=O) groups excluding carboxylic acids is 2. The number of anilines is 1. The maximum Gasteiger partial charge on any atom is 0.337 e. The van der Waals surface area contributed by atoms with Crippen molar-refractivity contribution in [2.45, 2.75) is 6.61 Å². The van der Waals surface area contributed by atoms with E-state index >= 15 is 0 Å². The van der Waals surface area contributed by atoms with Gasteiger partial charge in [-0.25, -0.2) is 4.79 Å². The first-order valence-electron chi connectivity index (χ1n) is 9.61. The predicted molar refractivity (Wildman–Crippen MR) is 119 cm³/mol. The molecule has 0 aliphatic rings. The molecule has 0 saturated carbocycles. The zero-order valence-electron chi connectivity index (χ0n) is 17.3. The monoisotopic (exact) mass is 417 g/mol. The highest BCUT2D eigenvalue weighted by Gasteiger charge is 2.07. The normalized spacial score (nSPS) is 10.5. The van der Waals surface area contributed by atoms with Crippen LogP contribution in [0.4, 0.5) is 5.69 Å². The fourth-order valence-corrected chi connectivity index (χ4v) is 2.81. The number of carbonyl (C=O) groups is 2. The van der Waals surface area contributed by atoms with Gasteiger partial charge in [-0.15, -0.1) is 0 Å². The summed E-state index contributed by atoms with van der Waals surface area (Å²) in [7, 11) is 2.89. The minimum absolute atomic E-state index is 0.297. The highest BCUT2D eigenvalue weighted by atomic mass is 16.5. The van der Waals surface area contributed by atoms with Crippen molar-refractivity contribution in [2.24, 2.45) is 0 Å². The van der Waals surface area contributed by atoms with E-state index in [1.807, 2.05) is 42.5 Å². The van der Waals surface area contributed by atoms with Crippen LogP contribution in [-0.2, 0) is 16.1 Å². The maximum absolute atomic E-state index is 12.2. The fourth-order valence-electron chi connectivity index (χ4n) is 2.81. The molecule has 0 aromatic heterocycles. The third-order valence-electron chi connectivity index (χ3n) is 4.43. The van der Waals surface area contributed by atoms with Crippen molar-refractivity contribution in [1.82, 2.24) is 0 Å². The van der Waals surface area contributed by atoms with Crippen molar-refractivity contribution in [3.8, 4) is 11.5 Å². The molecular formula is C25H23NO5. The zero-order valence-corrected chi connectivity index (χ0v) is 17.3. The molecule has 0 aliphatic carbocycles. The van der Waals surface area contributed by atoms with Crippen molar-refractivity contribution in [3.63, 3.8) is 0 Å². The lowest BCUT2D eigenvalue weighted by atomic mass is 10.1. The van der Waals surface area contributed by atoms with E-state index in [0.717, 1.165) is 11.1 Å². The van der Waals surface area contributed by atoms with Gasteiger partial charge in [-0.2, -0.15) is 0 Å². The van der Waals surface area contributed by atoms with Gasteiger partial charge >= 0.3 is 5.97 Å². The van der Waals surface area contributed by atoms with Crippen LogP contribution in [0.2, 0.25) is 0 Å². The molecule has 0 atom stereocenters. The van der Waals surface area contributed by atoms with Crippen molar-refractivity contribution in [2.75, 3.05) is 19.5 Å². The highest BCUT2D eigenvalue weighted by molar-refractivity contribution is 6.02. The predicted octanol–water partition coefficient (Wildman–Crippen LogP) is 4.71. The molecule has 3 aromatic rings. The number of amides is 1. The number of hydrogen-bond acceptors (Lipinski definition) is 5. The smallest absolute Gasteiger partial charge is 0.337 e. The molecule has 31 heavy (non-hydrogen) atoms. The first kappa shape index (κ1) is 21.6. The van der Waals surface area contributed by atoms with Gasteiger partial charge in [0.15, 0.2) is 11.5 Å². The van der Waals surface area contributed by atoms with Crippen LogP contribution >= 0.6 is 0 Å². The molecule has 0 bridgehead atoms. The molecule has 0 fully saturated rings. The third-order valence-corrected chi connectivity index (χ3v) is 4.43. The molecule has 0 unspecified atom stereocenters. The Hall–Kier alpha value is -4.06. The standard InChI is InChI=1S/C25H23NO5/c1-29-23-16-18(8-14-22(23)31-17-19-6-4-3-5-7-19)9-15-24(27)26-21-12-10-20(11-13-21)25(28)30-2/h3-16H,17H2,1-2H3,(H,26,27). The molecule has 0 saturated heterocycles. The van der Waals surface area contributed by atoms with Crippen LogP contribution in [-0.4, -0.2) is 26.1 Å². The number of nitrogens with one attached hydrogen (secondary N) is 1. The second-order valence-corrected chi connectivity index (χ2v) is 6.58. The van der Waals surface area contributed by atoms with E-state index in [2.05, 4.69) is 10.1 Å². The number of benzene rings is 3. The van der Waals surface area contributed by atoms with E-state index in [1.54, 1.807) is 43.5 Å². The average Bonchev–Trinajstić information content (AvgIpc) is 2.82. The molecule has 158 valence electrons. The first-order chi connectivity index (χ1) is 15.1. The van der Waals surface area contributed by atoms with Gasteiger partial charge in [0.25, 0.3) is 0 Å². The molecule has 1 amide bonds. The Balaban J connectivity index is 1.60. The van der Waals surface area contributed by atoms with Gasteiger partial charge in [0.05, 0.1) is 19.8 Å². The lowest BCUT2D eigenvalue weighted by molar-refractivity contribution is -0.111. The van der Waals surface area contributed by atoms with Crippen LogP contribution in [0.25, 0.3) is 6.08 Å². The van der Waals surface area contributed by atoms with E-state index < -0.39 is 5.97 Å². The summed E-state index contributed by atoms with van der Waals surface area (Å²) in [6.07, 6.45) is 3.11. The van der Waals surface area contributed by atoms with Gasteiger partial charge in [0, 0.05) is 11.8 Å². The molecule has 0 radical (unpaired) electrons. The number of ether oxygens (including phenoxy) is 3. The van der Waals surface area contributed by atoms with Crippen LogP contribution in [0.1, 0.15) is 21.5 Å². The number of rotatable bonds is 8. The van der Waals surface area contributed by atoms with Crippen LogP contribution in [0.5, 0.6) is 11.5 Å². The molecular weight excluding hydrogens is 394 g/mol. The summed E-state index contributed by atoms with van der Waals surface area (Å²) in [5.41, 5.74) is 2.84. The summed E-state index contributed by atoms with van der Waals surface area (Å²) in [4.78, 5) is 23.7. The van der Waals surface area contributed by atoms with Gasteiger partial charge < -0.3 is 19.5 Å². The molecule has 3 aromatic carbocycles. The molecule has 1 N–H and O–H groups in total. The van der Waals surface area contributed by atoms with Crippen molar-refractivity contribution < 1.29 is 23.8 Å². The highest BCUT2D eigenvalue weighted by Crippen LogP contribution is 2.29. The van der Waals surface area contributed by atoms with Crippen LogP contribution in [0.3, 0.4) is 0 Å². The quantitative estimate of drug-likeness (QED) is 0.424. The van der Waals surface area contributed by atoms with Crippen LogP contribution < -0.4 is 14.8 Å². The average molecular weight is 417 g/mol. The van der Waals surface area contributed by atoms with E-state index in [9.17, 15) is 9.59 Å². The minimum atomic E-state index is -0.428. The van der Waals surface area contributed by atoms with Gasteiger partial charge in [0.2, 0.25) is 5.91 Å². The second-order valence-electron chi connectivity index (χ2n) is 6.58. The van der Waals surface area contributed by atoms with E-state index in [0.29, 0.717) is 29.4 Å². The minimum Gasteiger partial charge on any atom is -0.493 e. The lowest BCUT2D eigenvalue weighted by Crippen LogP contribution is -2.08. The molecule has 0 heterocycles. The number of methoxy groups -OCH3 is 2. The Morgan fingerprint density at radius 3 is 2.32 bits per heavy atom. The lowest BCUT2D eigenvalue weighted by Gasteiger charge is -2.11. The van der Waals surface area contributed by atoms with Crippen LogP contribution in [0, 0.1) is 0 Å². The van der Waals surface area contributed by atoms with E-state index in [-0.39, 0.29) is 5.91 Å². The number of esters is 1. The van der Waals surface area contributed by atoms with E-state index in [4.69, 9.17) is 9.47 Å². The van der Waals surface area contributed by atoms with Gasteiger partial charge in [0.1, 0.15) is 6.61 Å². The summed E-state index contributed by atoms with van der Waals surface area (Å²) < 4.78 is 15.9. The Morgan fingerprint density at radius 1 is 0.903 bits per heavy atom. The molecule has 6 heteroatoms. The van der Waals surface area contributed by atoms with Crippen molar-refractivity contribution >= 4 is 23.6 Å². The van der Waals surface area contributed by atoms with Crippen LogP contribution in [0.15, 0.2) is 78.9 Å². The second kappa shape index (κ2) is 10.6. The molecule has 6 nitrogen and oxygen atoms in total. The molecule has 0 aliphatic heterocycles. The summed E-state index contributed by atoms with van der Waals surface area (Å²) in [5.74, 6) is 0.479. The van der Waals surface area contributed by atoms with Gasteiger partial charge in [-0.3, -0.25) is 4.79 Å². The van der Waals surface area contributed by atoms with Gasteiger partial charge in [-0.05, 0) is 53.6 Å². The topological polar surface area (TPSA) is 73.9 Å². The summed E-state index contributed by atoms with van der Waals surface area (Å²) in [5, 5.41) is 2.74. The Bertz CT molecular complexity index is 1060. The zero-order chi connectivity index (χ0) is 22.1. The largest absolute Gasteiger partial charge is 0.493 e. The van der Waals surface area contributed by atoms with Gasteiger partial charge in [-0.1, -0.05) is 36.4 Å². The first-order valence-corrected chi connectivity index (χ1v) is 9.61. The fraction of sp³-hybridized carbons (Fsp3) is 0.120. The molecule has 0 spiro atoms. The maximum atomic E-state index is 12.2. The summed E-state index contributed by atoms with van der Waals surface area (Å²) >= 11 is 0. The summed E-state index contributed by atoms with van der Waals surface area (Å²) in [6, 6.07) is 21.8.